The fourth-order valence-electron chi connectivity index (χ4n) is 2.37. The van der Waals surface area contributed by atoms with Gasteiger partial charge < -0.3 is 5.32 Å². The zero-order valence-corrected chi connectivity index (χ0v) is 9.48. The van der Waals surface area contributed by atoms with E-state index in [9.17, 15) is 0 Å². The molecule has 2 heterocycles. The minimum absolute atomic E-state index is 0.508. The molecule has 4 heteroatoms. The first-order chi connectivity index (χ1) is 7.84. The van der Waals surface area contributed by atoms with Crippen molar-refractivity contribution in [3.63, 3.8) is 0 Å². The van der Waals surface area contributed by atoms with Crippen molar-refractivity contribution < 1.29 is 0 Å². The molecule has 1 aliphatic rings. The molecule has 0 atom stereocenters. The molecule has 0 radical (unpaired) electrons. The number of hydrogen-bond acceptors (Lipinski definition) is 3. The van der Waals surface area contributed by atoms with Gasteiger partial charge in [-0.25, -0.2) is 4.68 Å². The zero-order chi connectivity index (χ0) is 11.0. The van der Waals surface area contributed by atoms with Gasteiger partial charge in [-0.1, -0.05) is 11.3 Å². The highest BCUT2D eigenvalue weighted by Gasteiger charge is 2.18. The highest BCUT2D eigenvalue weighted by Crippen LogP contribution is 2.22. The molecule has 1 aromatic heterocycles. The Morgan fingerprint density at radius 3 is 2.94 bits per heavy atom. The summed E-state index contributed by atoms with van der Waals surface area (Å²) in [6.45, 7) is 4.25. The fourth-order valence-corrected chi connectivity index (χ4v) is 2.37. The van der Waals surface area contributed by atoms with Crippen molar-refractivity contribution in [3.8, 4) is 0 Å². The lowest BCUT2D eigenvalue weighted by molar-refractivity contribution is 0.345. The highest BCUT2D eigenvalue weighted by molar-refractivity contribution is 5.75. The molecule has 1 saturated heterocycles. The molecule has 0 unspecified atom stereocenters. The number of fused-ring (bicyclic) bond motifs is 1. The molecule has 4 nitrogen and oxygen atoms in total. The third-order valence-electron chi connectivity index (χ3n) is 3.28. The van der Waals surface area contributed by atoms with Gasteiger partial charge in [-0.3, -0.25) is 0 Å². The van der Waals surface area contributed by atoms with Gasteiger partial charge in [0, 0.05) is 0 Å². The molecule has 0 amide bonds. The van der Waals surface area contributed by atoms with Crippen LogP contribution in [0.3, 0.4) is 0 Å². The van der Waals surface area contributed by atoms with Gasteiger partial charge >= 0.3 is 0 Å². The van der Waals surface area contributed by atoms with Crippen LogP contribution in [0.1, 0.15) is 24.4 Å². The number of aromatic nitrogens is 3. The van der Waals surface area contributed by atoms with E-state index in [2.05, 4.69) is 45.4 Å². The Balaban J connectivity index is 2.03. The molecule has 1 N–H and O–H groups in total. The largest absolute Gasteiger partial charge is 0.317 e. The number of aryl methyl sites for hydroxylation is 1. The van der Waals surface area contributed by atoms with E-state index in [1.54, 1.807) is 0 Å². The summed E-state index contributed by atoms with van der Waals surface area (Å²) in [6, 6.07) is 6.87. The maximum atomic E-state index is 4.30. The second-order valence-electron chi connectivity index (χ2n) is 4.51. The number of nitrogens with one attached hydrogen (secondary N) is 1. The van der Waals surface area contributed by atoms with Gasteiger partial charge in [0.15, 0.2) is 0 Å². The Bertz CT molecular complexity index is 497. The van der Waals surface area contributed by atoms with Crippen molar-refractivity contribution in [1.29, 1.82) is 0 Å². The molecule has 16 heavy (non-hydrogen) atoms. The van der Waals surface area contributed by atoms with Crippen LogP contribution in [-0.2, 0) is 0 Å². The number of benzene rings is 1. The number of piperidine rings is 1. The highest BCUT2D eigenvalue weighted by atomic mass is 15.4. The molecule has 0 bridgehead atoms. The summed E-state index contributed by atoms with van der Waals surface area (Å²) in [5.74, 6) is 0. The van der Waals surface area contributed by atoms with Crippen molar-refractivity contribution in [1.82, 2.24) is 20.3 Å². The quantitative estimate of drug-likeness (QED) is 0.788. The smallest absolute Gasteiger partial charge is 0.113 e. The van der Waals surface area contributed by atoms with E-state index in [4.69, 9.17) is 0 Å². The summed E-state index contributed by atoms with van der Waals surface area (Å²) < 4.78 is 2.09. The first-order valence-corrected chi connectivity index (χ1v) is 5.87. The Hall–Kier alpha value is -1.42. The predicted molar refractivity (Wildman–Crippen MR) is 63.4 cm³/mol. The van der Waals surface area contributed by atoms with Gasteiger partial charge in [0.25, 0.3) is 0 Å². The van der Waals surface area contributed by atoms with Gasteiger partial charge in [-0.2, -0.15) is 0 Å². The molecule has 1 aromatic carbocycles. The lowest BCUT2D eigenvalue weighted by atomic mass is 10.1. The summed E-state index contributed by atoms with van der Waals surface area (Å²) >= 11 is 0. The van der Waals surface area contributed by atoms with E-state index in [1.807, 2.05) is 0 Å². The van der Waals surface area contributed by atoms with Crippen LogP contribution >= 0.6 is 0 Å². The molecule has 3 rings (SSSR count). The predicted octanol–water partition coefficient (Wildman–Crippen LogP) is 1.66. The number of rotatable bonds is 1. The summed E-state index contributed by atoms with van der Waals surface area (Å²) in [7, 11) is 0. The van der Waals surface area contributed by atoms with Crippen molar-refractivity contribution in [2.75, 3.05) is 13.1 Å². The molecular formula is C12H16N4. The van der Waals surface area contributed by atoms with Gasteiger partial charge in [0.1, 0.15) is 5.52 Å². The van der Waals surface area contributed by atoms with Gasteiger partial charge in [0.2, 0.25) is 0 Å². The molecule has 0 aliphatic carbocycles. The van der Waals surface area contributed by atoms with Crippen molar-refractivity contribution in [3.05, 3.63) is 23.8 Å². The van der Waals surface area contributed by atoms with Crippen LogP contribution < -0.4 is 5.32 Å². The fraction of sp³-hybridized carbons (Fsp3) is 0.500. The van der Waals surface area contributed by atoms with Crippen molar-refractivity contribution >= 4 is 11.0 Å². The Morgan fingerprint density at radius 2 is 2.12 bits per heavy atom. The van der Waals surface area contributed by atoms with Gasteiger partial charge in [0.05, 0.1) is 11.6 Å². The number of hydrogen-bond donors (Lipinski definition) is 1. The monoisotopic (exact) mass is 216 g/mol. The van der Waals surface area contributed by atoms with E-state index >= 15 is 0 Å². The van der Waals surface area contributed by atoms with Crippen LogP contribution in [-0.4, -0.2) is 28.1 Å². The average molecular weight is 216 g/mol. The molecule has 1 aliphatic heterocycles. The normalized spacial score (nSPS) is 18.1. The van der Waals surface area contributed by atoms with Crippen LogP contribution in [0.25, 0.3) is 11.0 Å². The second kappa shape index (κ2) is 3.87. The van der Waals surface area contributed by atoms with Crippen molar-refractivity contribution in [2.45, 2.75) is 25.8 Å². The van der Waals surface area contributed by atoms with Gasteiger partial charge in [-0.15, -0.1) is 5.10 Å². The van der Waals surface area contributed by atoms with Crippen LogP contribution in [0.4, 0.5) is 0 Å². The maximum absolute atomic E-state index is 4.30. The van der Waals surface area contributed by atoms with Gasteiger partial charge in [-0.05, 0) is 50.6 Å². The van der Waals surface area contributed by atoms with E-state index < -0.39 is 0 Å². The number of nitrogens with zero attached hydrogens (tertiary/aromatic N) is 3. The molecule has 2 aromatic rings. The van der Waals surface area contributed by atoms with Crippen LogP contribution in [0, 0.1) is 6.92 Å². The van der Waals surface area contributed by atoms with E-state index in [0.29, 0.717) is 6.04 Å². The van der Waals surface area contributed by atoms with E-state index in [1.165, 1.54) is 5.56 Å². The second-order valence-corrected chi connectivity index (χ2v) is 4.51. The zero-order valence-electron chi connectivity index (χ0n) is 9.48. The van der Waals surface area contributed by atoms with Crippen LogP contribution in [0.15, 0.2) is 18.2 Å². The SMILES string of the molecule is Cc1ccc2c(c1)nnn2C1CCNCC1. The molecule has 0 spiro atoms. The van der Waals surface area contributed by atoms with E-state index in [0.717, 1.165) is 37.0 Å². The average Bonchev–Trinajstić information content (AvgIpc) is 2.73. The lowest BCUT2D eigenvalue weighted by Gasteiger charge is -2.22. The maximum Gasteiger partial charge on any atom is 0.113 e. The van der Waals surface area contributed by atoms with E-state index in [-0.39, 0.29) is 0 Å². The summed E-state index contributed by atoms with van der Waals surface area (Å²) in [5.41, 5.74) is 3.42. The minimum Gasteiger partial charge on any atom is -0.317 e. The third-order valence-corrected chi connectivity index (χ3v) is 3.28. The molecular weight excluding hydrogens is 200 g/mol. The third kappa shape index (κ3) is 1.59. The first-order valence-electron chi connectivity index (χ1n) is 5.87. The topological polar surface area (TPSA) is 42.7 Å². The molecule has 1 fully saturated rings. The summed E-state index contributed by atoms with van der Waals surface area (Å²) in [5, 5.41) is 11.9. The summed E-state index contributed by atoms with van der Waals surface area (Å²) in [6.07, 6.45) is 2.29. The van der Waals surface area contributed by atoms with Crippen molar-refractivity contribution in [2.24, 2.45) is 0 Å². The Morgan fingerprint density at radius 1 is 1.31 bits per heavy atom. The van der Waals surface area contributed by atoms with Crippen LogP contribution in [0.2, 0.25) is 0 Å². The lowest BCUT2D eigenvalue weighted by Crippen LogP contribution is -2.29. The van der Waals surface area contributed by atoms with Crippen LogP contribution in [0.5, 0.6) is 0 Å². The first kappa shape index (κ1) is 9.78. The Labute approximate surface area is 94.6 Å². The minimum atomic E-state index is 0.508. The molecule has 0 saturated carbocycles. The summed E-state index contributed by atoms with van der Waals surface area (Å²) in [4.78, 5) is 0. The molecule has 84 valence electrons. The Kier molecular flexibility index (Phi) is 2.36. The standard InChI is InChI=1S/C12H16N4/c1-9-2-3-12-11(8-9)14-15-16(12)10-4-6-13-7-5-10/h2-3,8,10,13H,4-7H2,1H3.